The van der Waals surface area contributed by atoms with Crippen LogP contribution in [-0.2, 0) is 16.2 Å². The largest absolute Gasteiger partial charge is 0.391 e. The van der Waals surface area contributed by atoms with E-state index in [4.69, 9.17) is 4.84 Å². The topological polar surface area (TPSA) is 109 Å². The van der Waals surface area contributed by atoms with Crippen molar-refractivity contribution in [2.24, 2.45) is 11.1 Å². The molecule has 9 heteroatoms. The zero-order chi connectivity index (χ0) is 21.3. The van der Waals surface area contributed by atoms with Crippen molar-refractivity contribution in [3.05, 3.63) is 39.4 Å². The van der Waals surface area contributed by atoms with Gasteiger partial charge in [-0.05, 0) is 36.5 Å². The number of piperazine rings is 1. The second kappa shape index (κ2) is 11.0. The number of aliphatic hydroxyl groups excluding tert-OH is 1. The fraction of sp³-hybridized carbons (Fsp3) is 0.619. The summed E-state index contributed by atoms with van der Waals surface area (Å²) in [4.78, 5) is 32.1. The maximum absolute atomic E-state index is 12.3. The van der Waals surface area contributed by atoms with Crippen LogP contribution in [0.15, 0.2) is 23.4 Å². The summed E-state index contributed by atoms with van der Waals surface area (Å²) in [5.41, 5.74) is 0.605. The number of oxime groups is 1. The quantitative estimate of drug-likeness (QED) is 0.394. The van der Waals surface area contributed by atoms with Gasteiger partial charge in [0, 0.05) is 38.8 Å². The molecule has 9 nitrogen and oxygen atoms in total. The van der Waals surface area contributed by atoms with Crippen molar-refractivity contribution in [3.8, 4) is 0 Å². The summed E-state index contributed by atoms with van der Waals surface area (Å²) in [6.07, 6.45) is 8.11. The Bertz CT molecular complexity index is 756. The molecule has 2 fully saturated rings. The molecular weight excluding hydrogens is 388 g/mol. The molecule has 0 atom stereocenters. The fourth-order valence-corrected chi connectivity index (χ4v) is 4.19. The molecule has 1 heterocycles. The molecule has 1 saturated carbocycles. The van der Waals surface area contributed by atoms with Crippen molar-refractivity contribution in [1.82, 2.24) is 9.80 Å². The second-order valence-corrected chi connectivity index (χ2v) is 8.00. The molecule has 1 amide bonds. The van der Waals surface area contributed by atoms with Gasteiger partial charge >= 0.3 is 0 Å². The molecule has 0 bridgehead atoms. The molecule has 164 valence electrons. The number of nitrogens with zero attached hydrogens (tertiary/aromatic N) is 4. The van der Waals surface area contributed by atoms with Crippen LogP contribution >= 0.6 is 0 Å². The van der Waals surface area contributed by atoms with Gasteiger partial charge in [0.1, 0.15) is 0 Å². The van der Waals surface area contributed by atoms with Crippen molar-refractivity contribution >= 4 is 17.8 Å². The van der Waals surface area contributed by atoms with Gasteiger partial charge in [-0.25, -0.2) is 0 Å². The number of nitro groups is 1. The number of hydrogen-bond donors (Lipinski definition) is 1. The van der Waals surface area contributed by atoms with Gasteiger partial charge in [0.25, 0.3) is 11.6 Å². The summed E-state index contributed by atoms with van der Waals surface area (Å²) in [5, 5.41) is 23.9. The minimum atomic E-state index is -0.545. The van der Waals surface area contributed by atoms with Crippen LogP contribution in [0.5, 0.6) is 0 Å². The first-order valence-electron chi connectivity index (χ1n) is 10.6. The van der Waals surface area contributed by atoms with Crippen LogP contribution in [0.3, 0.4) is 0 Å². The van der Waals surface area contributed by atoms with Crippen LogP contribution in [0.1, 0.15) is 43.2 Å². The Labute approximate surface area is 176 Å². The van der Waals surface area contributed by atoms with E-state index in [2.05, 4.69) is 10.1 Å². The average molecular weight is 418 g/mol. The third-order valence-corrected chi connectivity index (χ3v) is 5.90. The Morgan fingerprint density at radius 3 is 2.63 bits per heavy atom. The Morgan fingerprint density at radius 1 is 1.23 bits per heavy atom. The van der Waals surface area contributed by atoms with Crippen LogP contribution in [0, 0.1) is 16.0 Å². The smallest absolute Gasteiger partial charge is 0.274 e. The highest BCUT2D eigenvalue weighted by molar-refractivity contribution is 5.80. The summed E-state index contributed by atoms with van der Waals surface area (Å²) < 4.78 is 0. The maximum Gasteiger partial charge on any atom is 0.274 e. The van der Waals surface area contributed by atoms with Gasteiger partial charge in [-0.2, -0.15) is 0 Å². The molecule has 30 heavy (non-hydrogen) atoms. The molecular formula is C21H30N4O5. The van der Waals surface area contributed by atoms with Crippen LogP contribution in [0.25, 0.3) is 0 Å². The van der Waals surface area contributed by atoms with Crippen molar-refractivity contribution in [2.45, 2.75) is 38.7 Å². The lowest BCUT2D eigenvalue weighted by molar-refractivity contribution is -0.385. The molecule has 0 aromatic heterocycles. The van der Waals surface area contributed by atoms with Gasteiger partial charge in [0.15, 0.2) is 6.61 Å². The molecule has 1 aliphatic heterocycles. The zero-order valence-electron chi connectivity index (χ0n) is 17.2. The first kappa shape index (κ1) is 22.2. The molecule has 0 radical (unpaired) electrons. The van der Waals surface area contributed by atoms with E-state index in [0.29, 0.717) is 18.7 Å². The van der Waals surface area contributed by atoms with Gasteiger partial charge in [0.2, 0.25) is 0 Å². The summed E-state index contributed by atoms with van der Waals surface area (Å²) in [6.45, 7) is 3.79. The lowest BCUT2D eigenvalue weighted by Crippen LogP contribution is -2.50. The number of aliphatic hydroxyl groups is 1. The summed E-state index contributed by atoms with van der Waals surface area (Å²) in [5.74, 6) is 0.716. The van der Waals surface area contributed by atoms with Gasteiger partial charge in [0.05, 0.1) is 23.3 Å². The first-order chi connectivity index (χ1) is 14.6. The maximum atomic E-state index is 12.3. The van der Waals surface area contributed by atoms with Crippen LogP contribution in [-0.4, -0.2) is 71.3 Å². The minimum absolute atomic E-state index is 0.0933. The fourth-order valence-electron chi connectivity index (χ4n) is 4.19. The van der Waals surface area contributed by atoms with E-state index < -0.39 is 11.5 Å². The Hall–Kier alpha value is -2.52. The molecule has 1 N–H and O–H groups in total. The van der Waals surface area contributed by atoms with Gasteiger partial charge in [-0.1, -0.05) is 24.4 Å². The van der Waals surface area contributed by atoms with E-state index in [9.17, 15) is 20.0 Å². The van der Waals surface area contributed by atoms with Gasteiger partial charge in [-0.15, -0.1) is 0 Å². The van der Waals surface area contributed by atoms with Crippen LogP contribution in [0.4, 0.5) is 5.69 Å². The molecule has 0 unspecified atom stereocenters. The van der Waals surface area contributed by atoms with E-state index in [1.165, 1.54) is 56.5 Å². The monoisotopic (exact) mass is 418 g/mol. The van der Waals surface area contributed by atoms with Gasteiger partial charge < -0.3 is 14.8 Å². The molecule has 1 aromatic carbocycles. The van der Waals surface area contributed by atoms with Crippen molar-refractivity contribution in [1.29, 1.82) is 0 Å². The van der Waals surface area contributed by atoms with Gasteiger partial charge in [-0.3, -0.25) is 19.8 Å². The number of hydrogen-bond acceptors (Lipinski definition) is 7. The third kappa shape index (κ3) is 6.24. The Kier molecular flexibility index (Phi) is 8.15. The van der Waals surface area contributed by atoms with E-state index >= 15 is 0 Å². The standard InChI is InChI=1S/C21H30N4O5/c26-15-19-12-18(6-7-20(19)25(28)29)13-22-30-16-21(27)24-10-8-23(9-11-24)14-17-4-2-1-3-5-17/h6-7,12-13,17,26H,1-5,8-11,14-16H2/b22-13+. The number of carbonyl (C=O) groups excluding carboxylic acids is 1. The van der Waals surface area contributed by atoms with E-state index in [1.807, 2.05) is 4.90 Å². The third-order valence-electron chi connectivity index (χ3n) is 5.90. The second-order valence-electron chi connectivity index (χ2n) is 8.00. The Balaban J connectivity index is 1.39. The van der Waals surface area contributed by atoms with Crippen molar-refractivity contribution < 1.29 is 19.7 Å². The van der Waals surface area contributed by atoms with Crippen molar-refractivity contribution in [3.63, 3.8) is 0 Å². The van der Waals surface area contributed by atoms with E-state index in [0.717, 1.165) is 25.6 Å². The molecule has 1 aromatic rings. The summed E-state index contributed by atoms with van der Waals surface area (Å²) in [7, 11) is 0. The number of amides is 1. The summed E-state index contributed by atoms with van der Waals surface area (Å²) in [6, 6.07) is 4.29. The normalized spacial score (nSPS) is 18.6. The number of rotatable bonds is 8. The lowest BCUT2D eigenvalue weighted by Gasteiger charge is -2.37. The molecule has 1 aliphatic carbocycles. The highest BCUT2D eigenvalue weighted by atomic mass is 16.6. The molecule has 0 spiro atoms. The van der Waals surface area contributed by atoms with E-state index in [1.54, 1.807) is 0 Å². The summed E-state index contributed by atoms with van der Waals surface area (Å²) >= 11 is 0. The highest BCUT2D eigenvalue weighted by Crippen LogP contribution is 2.24. The molecule has 3 rings (SSSR count). The first-order valence-corrected chi connectivity index (χ1v) is 10.6. The average Bonchev–Trinajstić information content (AvgIpc) is 2.77. The zero-order valence-corrected chi connectivity index (χ0v) is 17.2. The molecule has 2 aliphatic rings. The lowest BCUT2D eigenvalue weighted by atomic mass is 9.89. The number of carbonyl (C=O) groups is 1. The highest BCUT2D eigenvalue weighted by Gasteiger charge is 2.24. The predicted octanol–water partition coefficient (Wildman–Crippen LogP) is 2.16. The predicted molar refractivity (Wildman–Crippen MR) is 112 cm³/mol. The Morgan fingerprint density at radius 2 is 1.97 bits per heavy atom. The molecule has 1 saturated heterocycles. The van der Waals surface area contributed by atoms with Crippen LogP contribution < -0.4 is 0 Å². The SMILES string of the molecule is O=C(CO/N=C/c1ccc([N+](=O)[O-])c(CO)c1)N1CCN(CC2CCCCC2)CC1. The van der Waals surface area contributed by atoms with Crippen LogP contribution in [0.2, 0.25) is 0 Å². The minimum Gasteiger partial charge on any atom is -0.391 e. The number of benzene rings is 1. The number of nitro benzene ring substituents is 1. The van der Waals surface area contributed by atoms with Crippen molar-refractivity contribution in [2.75, 3.05) is 39.3 Å². The van der Waals surface area contributed by atoms with E-state index in [-0.39, 0.29) is 23.8 Å².